The summed E-state index contributed by atoms with van der Waals surface area (Å²) < 4.78 is 34.5. The Labute approximate surface area is 57.9 Å². The molecule has 0 aliphatic heterocycles. The highest BCUT2D eigenvalue weighted by Crippen LogP contribution is 2.23. The molecule has 0 aromatic carbocycles. The Morgan fingerprint density at radius 3 is 2.20 bits per heavy atom. The average Bonchev–Trinajstić information content (AvgIpc) is 1.80. The maximum atomic E-state index is 11.5. The van der Waals surface area contributed by atoms with Crippen molar-refractivity contribution in [2.45, 2.75) is 31.5 Å². The van der Waals surface area contributed by atoms with E-state index < -0.39 is 12.3 Å². The SMILES string of the molecule is [CH2]CCCC(O)C(F)(F)F. The summed E-state index contributed by atoms with van der Waals surface area (Å²) in [7, 11) is 0. The normalized spacial score (nSPS) is 15.3. The zero-order valence-electron chi connectivity index (χ0n) is 5.49. The molecule has 0 spiro atoms. The van der Waals surface area contributed by atoms with Crippen LogP contribution in [0.5, 0.6) is 0 Å². The van der Waals surface area contributed by atoms with Crippen LogP contribution in [0.15, 0.2) is 0 Å². The fourth-order valence-corrected chi connectivity index (χ4v) is 0.501. The lowest BCUT2D eigenvalue weighted by Gasteiger charge is -2.12. The second-order valence-electron chi connectivity index (χ2n) is 2.05. The van der Waals surface area contributed by atoms with E-state index in [4.69, 9.17) is 5.11 Å². The quantitative estimate of drug-likeness (QED) is 0.660. The monoisotopic (exact) mass is 155 g/mol. The van der Waals surface area contributed by atoms with Crippen LogP contribution in [-0.2, 0) is 0 Å². The molecule has 0 bridgehead atoms. The number of aliphatic hydroxyl groups excluding tert-OH is 1. The van der Waals surface area contributed by atoms with Gasteiger partial charge in [-0.15, -0.1) is 0 Å². The highest BCUT2D eigenvalue weighted by molar-refractivity contribution is 4.64. The molecule has 0 aromatic rings. The molecule has 0 fully saturated rings. The van der Waals surface area contributed by atoms with Crippen LogP contribution in [0.3, 0.4) is 0 Å². The minimum atomic E-state index is -4.46. The molecule has 1 N–H and O–H groups in total. The van der Waals surface area contributed by atoms with Crippen LogP contribution in [0.2, 0.25) is 0 Å². The summed E-state index contributed by atoms with van der Waals surface area (Å²) in [5.41, 5.74) is 0. The van der Waals surface area contributed by atoms with Crippen molar-refractivity contribution < 1.29 is 18.3 Å². The zero-order valence-corrected chi connectivity index (χ0v) is 5.49. The van der Waals surface area contributed by atoms with E-state index in [1.807, 2.05) is 0 Å². The summed E-state index contributed by atoms with van der Waals surface area (Å²) in [5.74, 6) is 0. The third-order valence-electron chi connectivity index (χ3n) is 1.11. The smallest absolute Gasteiger partial charge is 0.384 e. The van der Waals surface area contributed by atoms with Crippen molar-refractivity contribution in [3.63, 3.8) is 0 Å². The molecule has 0 aromatic heterocycles. The lowest BCUT2D eigenvalue weighted by molar-refractivity contribution is -0.205. The largest absolute Gasteiger partial charge is 0.414 e. The van der Waals surface area contributed by atoms with Gasteiger partial charge in [-0.1, -0.05) is 19.8 Å². The summed E-state index contributed by atoms with van der Waals surface area (Å²) in [6.07, 6.45) is -6.15. The molecule has 0 aliphatic carbocycles. The molecule has 61 valence electrons. The van der Waals surface area contributed by atoms with E-state index in [0.29, 0.717) is 12.8 Å². The predicted octanol–water partition coefficient (Wildman–Crippen LogP) is 1.91. The maximum absolute atomic E-state index is 11.5. The molecule has 0 saturated heterocycles. The Morgan fingerprint density at radius 2 is 1.90 bits per heavy atom. The minimum Gasteiger partial charge on any atom is -0.384 e. The van der Waals surface area contributed by atoms with Crippen molar-refractivity contribution in [2.24, 2.45) is 0 Å². The van der Waals surface area contributed by atoms with Gasteiger partial charge in [-0.05, 0) is 6.42 Å². The van der Waals surface area contributed by atoms with E-state index in [1.165, 1.54) is 0 Å². The number of hydrogen-bond donors (Lipinski definition) is 1. The van der Waals surface area contributed by atoms with Gasteiger partial charge >= 0.3 is 6.18 Å². The highest BCUT2D eigenvalue weighted by Gasteiger charge is 2.37. The Hall–Kier alpha value is -0.250. The summed E-state index contributed by atoms with van der Waals surface area (Å²) in [6, 6.07) is 0. The summed E-state index contributed by atoms with van der Waals surface area (Å²) in [4.78, 5) is 0. The Kier molecular flexibility index (Phi) is 3.71. The lowest BCUT2D eigenvalue weighted by Crippen LogP contribution is -2.28. The van der Waals surface area contributed by atoms with Gasteiger partial charge in [-0.3, -0.25) is 0 Å². The van der Waals surface area contributed by atoms with Crippen LogP contribution >= 0.6 is 0 Å². The highest BCUT2D eigenvalue weighted by atomic mass is 19.4. The molecule has 1 atom stereocenters. The minimum absolute atomic E-state index is 0.243. The molecular weight excluding hydrogens is 145 g/mol. The number of hydrogen-bond acceptors (Lipinski definition) is 1. The number of halogens is 3. The molecular formula is C6H10F3O. The molecule has 1 nitrogen and oxygen atoms in total. The van der Waals surface area contributed by atoms with Gasteiger partial charge in [0.2, 0.25) is 0 Å². The summed E-state index contributed by atoms with van der Waals surface area (Å²) >= 11 is 0. The second kappa shape index (κ2) is 3.81. The molecule has 0 amide bonds. The van der Waals surface area contributed by atoms with Crippen molar-refractivity contribution in [1.29, 1.82) is 0 Å². The topological polar surface area (TPSA) is 20.2 Å². The van der Waals surface area contributed by atoms with Crippen molar-refractivity contribution in [1.82, 2.24) is 0 Å². The van der Waals surface area contributed by atoms with Crippen LogP contribution in [0.25, 0.3) is 0 Å². The number of alkyl halides is 3. The molecule has 4 heteroatoms. The number of unbranched alkanes of at least 4 members (excludes halogenated alkanes) is 1. The average molecular weight is 155 g/mol. The van der Waals surface area contributed by atoms with Crippen molar-refractivity contribution >= 4 is 0 Å². The van der Waals surface area contributed by atoms with Gasteiger partial charge in [0.25, 0.3) is 0 Å². The van der Waals surface area contributed by atoms with Crippen LogP contribution in [0, 0.1) is 6.92 Å². The predicted molar refractivity (Wildman–Crippen MR) is 31.3 cm³/mol. The van der Waals surface area contributed by atoms with Crippen LogP contribution in [0.1, 0.15) is 19.3 Å². The fourth-order valence-electron chi connectivity index (χ4n) is 0.501. The van der Waals surface area contributed by atoms with Gasteiger partial charge in [0.15, 0.2) is 0 Å². The fraction of sp³-hybridized carbons (Fsp3) is 0.833. The van der Waals surface area contributed by atoms with Crippen molar-refractivity contribution in [3.05, 3.63) is 6.92 Å². The van der Waals surface area contributed by atoms with E-state index in [0.717, 1.165) is 0 Å². The summed E-state index contributed by atoms with van der Waals surface area (Å²) in [6.45, 7) is 3.36. The van der Waals surface area contributed by atoms with Gasteiger partial charge < -0.3 is 5.11 Å². The molecule has 0 heterocycles. The molecule has 0 aliphatic rings. The molecule has 1 radical (unpaired) electrons. The third kappa shape index (κ3) is 3.71. The zero-order chi connectivity index (χ0) is 8.20. The second-order valence-corrected chi connectivity index (χ2v) is 2.05. The molecule has 0 saturated carbocycles. The van der Waals surface area contributed by atoms with E-state index >= 15 is 0 Å². The van der Waals surface area contributed by atoms with E-state index in [2.05, 4.69) is 6.92 Å². The van der Waals surface area contributed by atoms with E-state index in [1.54, 1.807) is 0 Å². The summed E-state index contributed by atoms with van der Waals surface area (Å²) in [5, 5.41) is 8.36. The van der Waals surface area contributed by atoms with Gasteiger partial charge in [-0.2, -0.15) is 13.2 Å². The van der Waals surface area contributed by atoms with Gasteiger partial charge in [0.1, 0.15) is 6.10 Å². The standard InChI is InChI=1S/C6H10F3O/c1-2-3-4-5(10)6(7,8)9/h5,10H,1-4H2. The van der Waals surface area contributed by atoms with Gasteiger partial charge in [0.05, 0.1) is 0 Å². The van der Waals surface area contributed by atoms with Crippen LogP contribution in [0.4, 0.5) is 13.2 Å². The Morgan fingerprint density at radius 1 is 1.40 bits per heavy atom. The first-order valence-corrected chi connectivity index (χ1v) is 3.02. The molecule has 1 unspecified atom stereocenters. The van der Waals surface area contributed by atoms with Crippen LogP contribution < -0.4 is 0 Å². The first-order chi connectivity index (χ1) is 4.48. The van der Waals surface area contributed by atoms with E-state index in [9.17, 15) is 13.2 Å². The van der Waals surface area contributed by atoms with Crippen molar-refractivity contribution in [3.8, 4) is 0 Å². The number of aliphatic hydroxyl groups is 1. The Balaban J connectivity index is 3.52. The first-order valence-electron chi connectivity index (χ1n) is 3.02. The third-order valence-corrected chi connectivity index (χ3v) is 1.11. The molecule has 0 rings (SSSR count). The van der Waals surface area contributed by atoms with Crippen molar-refractivity contribution in [2.75, 3.05) is 0 Å². The first kappa shape index (κ1) is 9.75. The van der Waals surface area contributed by atoms with E-state index in [-0.39, 0.29) is 6.42 Å². The van der Waals surface area contributed by atoms with Gasteiger partial charge in [0, 0.05) is 0 Å². The van der Waals surface area contributed by atoms with Gasteiger partial charge in [-0.25, -0.2) is 0 Å². The Bertz CT molecular complexity index is 89.5. The number of rotatable bonds is 3. The maximum Gasteiger partial charge on any atom is 0.414 e. The van der Waals surface area contributed by atoms with Crippen LogP contribution in [-0.4, -0.2) is 17.4 Å². The molecule has 10 heavy (non-hydrogen) atoms. The lowest BCUT2D eigenvalue weighted by atomic mass is 10.1.